The summed E-state index contributed by atoms with van der Waals surface area (Å²) >= 11 is 1.69. The molecule has 0 aromatic heterocycles. The van der Waals surface area contributed by atoms with Gasteiger partial charge in [0.15, 0.2) is 6.73 Å². The van der Waals surface area contributed by atoms with Gasteiger partial charge in [0.05, 0.1) is 5.88 Å². The fraction of sp³-hybridized carbons (Fsp3) is 0.625. The lowest BCUT2D eigenvalue weighted by Gasteiger charge is -2.16. The van der Waals surface area contributed by atoms with E-state index in [1.807, 2.05) is 16.5 Å². The predicted octanol–water partition coefficient (Wildman–Crippen LogP) is 0.572. The topological polar surface area (TPSA) is 41.6 Å². The van der Waals surface area contributed by atoms with E-state index in [4.69, 9.17) is 4.74 Å². The highest BCUT2D eigenvalue weighted by molar-refractivity contribution is 8.02. The summed E-state index contributed by atoms with van der Waals surface area (Å²) in [5.74, 6) is 0.647. The quantitative estimate of drug-likeness (QED) is 0.675. The number of ether oxygens (including phenoxy) is 1. The normalized spacial score (nSPS) is 17.5. The van der Waals surface area contributed by atoms with Crippen LogP contribution in [0.25, 0.3) is 0 Å². The first kappa shape index (κ1) is 10.4. The number of nitrogens with zero attached hydrogens (tertiary/aromatic N) is 1. The molecule has 1 rings (SSSR count). The van der Waals surface area contributed by atoms with E-state index >= 15 is 0 Å². The van der Waals surface area contributed by atoms with Crippen LogP contribution in [0.3, 0.4) is 0 Å². The third-order valence-corrected chi connectivity index (χ3v) is 2.56. The van der Waals surface area contributed by atoms with Gasteiger partial charge in [-0.2, -0.15) is 0 Å². The number of hydrogen-bond acceptors (Lipinski definition) is 5. The molecule has 0 saturated carbocycles. The molecule has 0 unspecified atom stereocenters. The van der Waals surface area contributed by atoms with Gasteiger partial charge in [-0.25, -0.2) is 0 Å². The molecule has 1 heterocycles. The van der Waals surface area contributed by atoms with Gasteiger partial charge in [-0.3, -0.25) is 4.79 Å². The fourth-order valence-corrected chi connectivity index (χ4v) is 1.48. The molecule has 0 aromatic carbocycles. The highest BCUT2D eigenvalue weighted by Gasteiger charge is 2.13. The first-order valence-electron chi connectivity index (χ1n) is 4.10. The van der Waals surface area contributed by atoms with Crippen molar-refractivity contribution in [3.05, 3.63) is 11.6 Å². The van der Waals surface area contributed by atoms with Crippen LogP contribution in [0.15, 0.2) is 11.6 Å². The van der Waals surface area contributed by atoms with Crippen molar-refractivity contribution in [1.29, 1.82) is 0 Å². The molecule has 0 fully saturated rings. The third-order valence-electron chi connectivity index (χ3n) is 1.77. The van der Waals surface area contributed by atoms with Crippen LogP contribution in [-0.2, 0) is 9.53 Å². The SMILES string of the molecule is CN[C@@H](C)C(=O)OCN1C=CSC1. The van der Waals surface area contributed by atoms with Crippen LogP contribution in [-0.4, -0.2) is 36.6 Å². The van der Waals surface area contributed by atoms with Gasteiger partial charge in [-0.05, 0) is 19.4 Å². The molecule has 1 aliphatic heterocycles. The van der Waals surface area contributed by atoms with Gasteiger partial charge in [-0.15, -0.1) is 11.8 Å². The Balaban J connectivity index is 2.18. The molecule has 0 aromatic rings. The Morgan fingerprint density at radius 3 is 3.15 bits per heavy atom. The monoisotopic (exact) mass is 202 g/mol. The minimum Gasteiger partial charge on any atom is -0.443 e. The first-order chi connectivity index (χ1) is 6.24. The van der Waals surface area contributed by atoms with Crippen LogP contribution in [0, 0.1) is 0 Å². The van der Waals surface area contributed by atoms with E-state index in [9.17, 15) is 4.79 Å². The second kappa shape index (κ2) is 5.14. The number of carbonyl (C=O) groups is 1. The number of hydrogen-bond donors (Lipinski definition) is 1. The lowest BCUT2D eigenvalue weighted by molar-refractivity contribution is -0.148. The van der Waals surface area contributed by atoms with Crippen molar-refractivity contribution in [3.63, 3.8) is 0 Å². The van der Waals surface area contributed by atoms with Crippen molar-refractivity contribution in [2.75, 3.05) is 19.7 Å². The molecule has 1 N–H and O–H groups in total. The van der Waals surface area contributed by atoms with Gasteiger partial charge in [0.2, 0.25) is 0 Å². The summed E-state index contributed by atoms with van der Waals surface area (Å²) in [6.07, 6.45) is 1.92. The molecular weight excluding hydrogens is 188 g/mol. The summed E-state index contributed by atoms with van der Waals surface area (Å²) in [6.45, 7) is 2.12. The minimum atomic E-state index is -0.237. The van der Waals surface area contributed by atoms with Crippen molar-refractivity contribution in [1.82, 2.24) is 10.2 Å². The summed E-state index contributed by atoms with van der Waals surface area (Å²) in [5.41, 5.74) is 0. The summed E-state index contributed by atoms with van der Waals surface area (Å²) in [6, 6.07) is -0.237. The number of thioether (sulfide) groups is 1. The van der Waals surface area contributed by atoms with E-state index in [2.05, 4.69) is 5.32 Å². The fourth-order valence-electron chi connectivity index (χ4n) is 0.781. The summed E-state index contributed by atoms with van der Waals surface area (Å²) in [4.78, 5) is 13.1. The molecule has 0 saturated heterocycles. The number of rotatable bonds is 4. The predicted molar refractivity (Wildman–Crippen MR) is 52.9 cm³/mol. The van der Waals surface area contributed by atoms with Crippen LogP contribution < -0.4 is 5.32 Å². The maximum atomic E-state index is 11.2. The Morgan fingerprint density at radius 2 is 2.62 bits per heavy atom. The lowest BCUT2D eigenvalue weighted by atomic mass is 10.4. The van der Waals surface area contributed by atoms with Gasteiger partial charge in [-0.1, -0.05) is 0 Å². The van der Waals surface area contributed by atoms with Crippen LogP contribution in [0.2, 0.25) is 0 Å². The smallest absolute Gasteiger partial charge is 0.324 e. The van der Waals surface area contributed by atoms with Crippen molar-refractivity contribution < 1.29 is 9.53 Å². The van der Waals surface area contributed by atoms with E-state index in [-0.39, 0.29) is 12.0 Å². The molecular formula is C8H14N2O2S. The Kier molecular flexibility index (Phi) is 4.11. The molecule has 0 radical (unpaired) electrons. The van der Waals surface area contributed by atoms with E-state index in [0.717, 1.165) is 5.88 Å². The van der Waals surface area contributed by atoms with Gasteiger partial charge in [0.1, 0.15) is 6.04 Å². The molecule has 1 aliphatic rings. The zero-order chi connectivity index (χ0) is 9.68. The van der Waals surface area contributed by atoms with Gasteiger partial charge in [0.25, 0.3) is 0 Å². The first-order valence-corrected chi connectivity index (χ1v) is 5.15. The van der Waals surface area contributed by atoms with Crippen molar-refractivity contribution >= 4 is 17.7 Å². The maximum absolute atomic E-state index is 11.2. The summed E-state index contributed by atoms with van der Waals surface area (Å²) < 4.78 is 5.04. The average molecular weight is 202 g/mol. The Bertz CT molecular complexity index is 208. The van der Waals surface area contributed by atoms with E-state index in [1.165, 1.54) is 0 Å². The minimum absolute atomic E-state index is 0.215. The molecule has 4 nitrogen and oxygen atoms in total. The number of carbonyl (C=O) groups excluding carboxylic acids is 1. The van der Waals surface area contributed by atoms with Crippen LogP contribution >= 0.6 is 11.8 Å². The second-order valence-corrected chi connectivity index (χ2v) is 3.64. The van der Waals surface area contributed by atoms with Crippen LogP contribution in [0.1, 0.15) is 6.92 Å². The van der Waals surface area contributed by atoms with E-state index in [1.54, 1.807) is 25.7 Å². The zero-order valence-electron chi connectivity index (χ0n) is 7.82. The molecule has 0 amide bonds. The molecule has 74 valence electrons. The van der Waals surface area contributed by atoms with Crippen LogP contribution in [0.5, 0.6) is 0 Å². The standard InChI is InChI=1S/C8H14N2O2S/c1-7(9-2)8(11)12-5-10-3-4-13-6-10/h3-4,7,9H,5-6H2,1-2H3/t7-/m0/s1. The average Bonchev–Trinajstić information content (AvgIpc) is 2.65. The lowest BCUT2D eigenvalue weighted by Crippen LogP contribution is -2.34. The highest BCUT2D eigenvalue weighted by atomic mass is 32.2. The van der Waals surface area contributed by atoms with Gasteiger partial charge < -0.3 is 15.0 Å². The Hall–Kier alpha value is -0.680. The highest BCUT2D eigenvalue weighted by Crippen LogP contribution is 2.14. The van der Waals surface area contributed by atoms with E-state index < -0.39 is 0 Å². The Morgan fingerprint density at radius 1 is 1.85 bits per heavy atom. The van der Waals surface area contributed by atoms with Crippen molar-refractivity contribution in [2.45, 2.75) is 13.0 Å². The largest absolute Gasteiger partial charge is 0.443 e. The third kappa shape index (κ3) is 3.28. The molecule has 13 heavy (non-hydrogen) atoms. The van der Waals surface area contributed by atoms with Crippen molar-refractivity contribution in [3.8, 4) is 0 Å². The van der Waals surface area contributed by atoms with Crippen LogP contribution in [0.4, 0.5) is 0 Å². The summed E-state index contributed by atoms with van der Waals surface area (Å²) in [7, 11) is 1.73. The molecule has 0 aliphatic carbocycles. The van der Waals surface area contributed by atoms with Gasteiger partial charge in [0, 0.05) is 6.20 Å². The number of esters is 1. The number of likely N-dealkylation sites (N-methyl/N-ethyl adjacent to an activating group) is 1. The summed E-state index contributed by atoms with van der Waals surface area (Å²) in [5, 5.41) is 4.81. The van der Waals surface area contributed by atoms with Crippen molar-refractivity contribution in [2.24, 2.45) is 0 Å². The molecule has 1 atom stereocenters. The number of nitrogens with one attached hydrogen (secondary N) is 1. The maximum Gasteiger partial charge on any atom is 0.324 e. The molecule has 5 heteroatoms. The Labute approximate surface area is 82.3 Å². The molecule has 0 spiro atoms. The zero-order valence-corrected chi connectivity index (χ0v) is 8.63. The second-order valence-electron chi connectivity index (χ2n) is 2.77. The van der Waals surface area contributed by atoms with E-state index in [0.29, 0.717) is 6.73 Å². The van der Waals surface area contributed by atoms with Gasteiger partial charge >= 0.3 is 5.97 Å². The molecule has 0 bridgehead atoms.